The molecule has 2 heterocycles. The summed E-state index contributed by atoms with van der Waals surface area (Å²) in [5, 5.41) is 2.62. The third kappa shape index (κ3) is 2.72. The third-order valence-corrected chi connectivity index (χ3v) is 3.59. The number of hydrogen-bond acceptors (Lipinski definition) is 5. The van der Waals surface area contributed by atoms with Crippen molar-refractivity contribution in [2.45, 2.75) is 6.42 Å². The molecular weight excluding hydrogens is 276 g/mol. The van der Waals surface area contributed by atoms with E-state index < -0.39 is 6.09 Å². The quantitative estimate of drug-likeness (QED) is 0.903. The normalized spacial score (nSPS) is 19.8. The van der Waals surface area contributed by atoms with Gasteiger partial charge in [0.1, 0.15) is 0 Å². The highest BCUT2D eigenvalue weighted by Gasteiger charge is 2.31. The Labute approximate surface area is 121 Å². The van der Waals surface area contributed by atoms with Crippen molar-refractivity contribution in [2.75, 3.05) is 31.9 Å². The molecule has 112 valence electrons. The highest BCUT2D eigenvalue weighted by Crippen LogP contribution is 2.37. The Hall–Kier alpha value is -2.44. The number of nitrogens with one attached hydrogen (secondary N) is 1. The molecule has 1 unspecified atom stereocenters. The van der Waals surface area contributed by atoms with Crippen LogP contribution in [-0.4, -0.2) is 39.0 Å². The van der Waals surface area contributed by atoms with E-state index in [2.05, 4.69) is 10.1 Å². The van der Waals surface area contributed by atoms with Crippen LogP contribution in [0, 0.1) is 5.92 Å². The molecular formula is C14H16N2O5. The minimum atomic E-state index is -0.482. The number of ether oxygens (including phenoxy) is 3. The zero-order chi connectivity index (χ0) is 14.8. The fraction of sp³-hybridized carbons (Fsp3) is 0.429. The zero-order valence-corrected chi connectivity index (χ0v) is 11.6. The van der Waals surface area contributed by atoms with Gasteiger partial charge in [-0.25, -0.2) is 4.79 Å². The topological polar surface area (TPSA) is 77.1 Å². The summed E-state index contributed by atoms with van der Waals surface area (Å²) in [5.41, 5.74) is 0.782. The predicted octanol–water partition coefficient (Wildman–Crippen LogP) is 1.12. The maximum Gasteiger partial charge on any atom is 0.406 e. The van der Waals surface area contributed by atoms with E-state index >= 15 is 0 Å². The summed E-state index contributed by atoms with van der Waals surface area (Å²) in [5.74, 6) is 1.44. The van der Waals surface area contributed by atoms with E-state index in [-0.39, 0.29) is 18.6 Å². The summed E-state index contributed by atoms with van der Waals surface area (Å²) in [7, 11) is 1.31. The Morgan fingerprint density at radius 3 is 3.05 bits per heavy atom. The van der Waals surface area contributed by atoms with E-state index in [4.69, 9.17) is 9.47 Å². The van der Waals surface area contributed by atoms with Crippen molar-refractivity contribution in [1.29, 1.82) is 0 Å². The first-order chi connectivity index (χ1) is 10.2. The lowest BCUT2D eigenvalue weighted by Gasteiger charge is -2.17. The van der Waals surface area contributed by atoms with Crippen molar-refractivity contribution in [1.82, 2.24) is 5.32 Å². The second kappa shape index (κ2) is 5.51. The predicted molar refractivity (Wildman–Crippen MR) is 73.4 cm³/mol. The maximum absolute atomic E-state index is 12.1. The van der Waals surface area contributed by atoms with Crippen LogP contribution in [-0.2, 0) is 9.53 Å². The van der Waals surface area contributed by atoms with E-state index in [9.17, 15) is 9.59 Å². The van der Waals surface area contributed by atoms with Gasteiger partial charge < -0.3 is 24.4 Å². The van der Waals surface area contributed by atoms with Gasteiger partial charge in [-0.05, 0) is 12.1 Å². The number of alkyl carbamates (subject to hydrolysis) is 1. The van der Waals surface area contributed by atoms with E-state index in [0.717, 1.165) is 5.69 Å². The Balaban J connectivity index is 1.66. The summed E-state index contributed by atoms with van der Waals surface area (Å²) in [6, 6.07) is 5.43. The first-order valence-corrected chi connectivity index (χ1v) is 6.69. The highest BCUT2D eigenvalue weighted by molar-refractivity contribution is 5.96. The van der Waals surface area contributed by atoms with Gasteiger partial charge in [-0.15, -0.1) is 0 Å². The SMILES string of the molecule is COC(=O)NCC1CC(=O)N(c2ccc3c(c2)OCO3)C1. The van der Waals surface area contributed by atoms with E-state index in [1.807, 2.05) is 6.07 Å². The van der Waals surface area contributed by atoms with E-state index in [1.54, 1.807) is 17.0 Å². The number of nitrogens with zero attached hydrogens (tertiary/aromatic N) is 1. The number of hydrogen-bond donors (Lipinski definition) is 1. The molecule has 1 saturated heterocycles. The van der Waals surface area contributed by atoms with Gasteiger partial charge in [0.15, 0.2) is 11.5 Å². The monoisotopic (exact) mass is 292 g/mol. The Morgan fingerprint density at radius 2 is 2.24 bits per heavy atom. The van der Waals surface area contributed by atoms with Gasteiger partial charge in [-0.2, -0.15) is 0 Å². The van der Waals surface area contributed by atoms with Crippen LogP contribution in [0.3, 0.4) is 0 Å². The summed E-state index contributed by atoms with van der Waals surface area (Å²) < 4.78 is 15.1. The lowest BCUT2D eigenvalue weighted by Crippen LogP contribution is -2.31. The first kappa shape index (κ1) is 13.5. The van der Waals surface area contributed by atoms with Crippen LogP contribution in [0.25, 0.3) is 0 Å². The Morgan fingerprint density at radius 1 is 1.43 bits per heavy atom. The minimum Gasteiger partial charge on any atom is -0.454 e. The number of rotatable bonds is 3. The van der Waals surface area contributed by atoms with Gasteiger partial charge in [-0.3, -0.25) is 4.79 Å². The average Bonchev–Trinajstić information content (AvgIpc) is 3.10. The van der Waals surface area contributed by atoms with Crippen LogP contribution in [0.15, 0.2) is 18.2 Å². The Bertz CT molecular complexity index is 574. The average molecular weight is 292 g/mol. The molecule has 0 radical (unpaired) electrons. The molecule has 2 amide bonds. The van der Waals surface area contributed by atoms with E-state index in [1.165, 1.54) is 7.11 Å². The van der Waals surface area contributed by atoms with Crippen LogP contribution in [0.2, 0.25) is 0 Å². The molecule has 1 atom stereocenters. The van der Waals surface area contributed by atoms with E-state index in [0.29, 0.717) is 31.0 Å². The summed E-state index contributed by atoms with van der Waals surface area (Å²) in [6.45, 7) is 1.18. The molecule has 7 nitrogen and oxygen atoms in total. The largest absolute Gasteiger partial charge is 0.454 e. The van der Waals surface area contributed by atoms with Gasteiger partial charge in [0.25, 0.3) is 0 Å². The smallest absolute Gasteiger partial charge is 0.406 e. The van der Waals surface area contributed by atoms with Gasteiger partial charge in [0.05, 0.1) is 7.11 Å². The van der Waals surface area contributed by atoms with Crippen LogP contribution in [0.5, 0.6) is 11.5 Å². The number of anilines is 1. The minimum absolute atomic E-state index is 0.0329. The van der Waals surface area contributed by atoms with Crippen molar-refractivity contribution < 1.29 is 23.8 Å². The molecule has 0 spiro atoms. The Kier molecular flexibility index (Phi) is 3.55. The summed E-state index contributed by atoms with van der Waals surface area (Å²) in [6.07, 6.45) is -0.0812. The number of fused-ring (bicyclic) bond motifs is 1. The van der Waals surface area contributed by atoms with Crippen LogP contribution < -0.4 is 19.7 Å². The summed E-state index contributed by atoms with van der Waals surface area (Å²) in [4.78, 5) is 24.9. The van der Waals surface area contributed by atoms with Crippen LogP contribution in [0.1, 0.15) is 6.42 Å². The first-order valence-electron chi connectivity index (χ1n) is 6.69. The standard InChI is InChI=1S/C14H16N2O5/c1-19-14(18)15-6-9-4-13(17)16(7-9)10-2-3-11-12(5-10)21-8-20-11/h2-3,5,9H,4,6-8H2,1H3,(H,15,18). The molecule has 1 aromatic carbocycles. The second-order valence-corrected chi connectivity index (χ2v) is 4.98. The molecule has 0 saturated carbocycles. The van der Waals surface area contributed by atoms with Gasteiger partial charge in [0.2, 0.25) is 12.7 Å². The highest BCUT2D eigenvalue weighted by atomic mass is 16.7. The van der Waals surface area contributed by atoms with Crippen molar-refractivity contribution in [3.05, 3.63) is 18.2 Å². The van der Waals surface area contributed by atoms with Gasteiger partial charge >= 0.3 is 6.09 Å². The number of methoxy groups -OCH3 is 1. The lowest BCUT2D eigenvalue weighted by molar-refractivity contribution is -0.117. The lowest BCUT2D eigenvalue weighted by atomic mass is 10.1. The van der Waals surface area contributed by atoms with Crippen molar-refractivity contribution in [3.8, 4) is 11.5 Å². The molecule has 7 heteroatoms. The third-order valence-electron chi connectivity index (χ3n) is 3.59. The summed E-state index contributed by atoms with van der Waals surface area (Å²) >= 11 is 0. The van der Waals surface area contributed by atoms with Gasteiger partial charge in [0, 0.05) is 37.2 Å². The molecule has 0 aromatic heterocycles. The van der Waals surface area contributed by atoms with Crippen molar-refractivity contribution >= 4 is 17.7 Å². The molecule has 2 aliphatic heterocycles. The molecule has 0 bridgehead atoms. The van der Waals surface area contributed by atoms with Crippen LogP contribution >= 0.6 is 0 Å². The molecule has 2 aliphatic rings. The maximum atomic E-state index is 12.1. The molecule has 3 rings (SSSR count). The molecule has 1 fully saturated rings. The molecule has 21 heavy (non-hydrogen) atoms. The molecule has 1 aromatic rings. The number of carbonyl (C=O) groups excluding carboxylic acids is 2. The zero-order valence-electron chi connectivity index (χ0n) is 11.6. The van der Waals surface area contributed by atoms with Crippen LogP contribution in [0.4, 0.5) is 10.5 Å². The van der Waals surface area contributed by atoms with Gasteiger partial charge in [-0.1, -0.05) is 0 Å². The molecule has 0 aliphatic carbocycles. The number of carbonyl (C=O) groups is 2. The fourth-order valence-corrected chi connectivity index (χ4v) is 2.52. The second-order valence-electron chi connectivity index (χ2n) is 4.98. The number of benzene rings is 1. The molecule has 1 N–H and O–H groups in total. The fourth-order valence-electron chi connectivity index (χ4n) is 2.52. The van der Waals surface area contributed by atoms with Crippen molar-refractivity contribution in [3.63, 3.8) is 0 Å². The van der Waals surface area contributed by atoms with Crippen molar-refractivity contribution in [2.24, 2.45) is 5.92 Å². The number of amides is 2.